The molecule has 0 aliphatic heterocycles. The summed E-state index contributed by atoms with van der Waals surface area (Å²) in [6.07, 6.45) is 0. The van der Waals surface area contributed by atoms with Gasteiger partial charge in [0, 0.05) is 6.07 Å². The highest BCUT2D eigenvalue weighted by Gasteiger charge is 2.02. The summed E-state index contributed by atoms with van der Waals surface area (Å²) < 4.78 is 0.952. The van der Waals surface area contributed by atoms with Gasteiger partial charge in [0.2, 0.25) is 0 Å². The Hall–Kier alpha value is -1.14. The van der Waals surface area contributed by atoms with Crippen LogP contribution in [0.3, 0.4) is 0 Å². The molecule has 2 aromatic heterocycles. The molecule has 0 saturated heterocycles. The molecule has 0 fully saturated rings. The molecular weight excluding hydrogens is 268 g/mol. The van der Waals surface area contributed by atoms with Crippen LogP contribution in [0.5, 0.6) is 0 Å². The van der Waals surface area contributed by atoms with Crippen LogP contribution in [-0.4, -0.2) is 9.97 Å². The SMILES string of the molecule is O=c1cc(-c2ccc(Br)s2)[nH]c(=O)[nH]1. The van der Waals surface area contributed by atoms with Gasteiger partial charge < -0.3 is 4.98 Å². The monoisotopic (exact) mass is 272 g/mol. The van der Waals surface area contributed by atoms with Crippen LogP contribution >= 0.6 is 27.3 Å². The normalized spacial score (nSPS) is 10.4. The third kappa shape index (κ3) is 1.85. The van der Waals surface area contributed by atoms with E-state index < -0.39 is 11.2 Å². The fraction of sp³-hybridized carbons (Fsp3) is 0. The second-order valence-corrected chi connectivity index (χ2v) is 5.07. The van der Waals surface area contributed by atoms with Crippen molar-refractivity contribution in [2.24, 2.45) is 0 Å². The lowest BCUT2D eigenvalue weighted by Crippen LogP contribution is -2.21. The second kappa shape index (κ2) is 3.55. The fourth-order valence-corrected chi connectivity index (χ4v) is 2.42. The molecule has 14 heavy (non-hydrogen) atoms. The lowest BCUT2D eigenvalue weighted by molar-refractivity contribution is 1.04. The Morgan fingerprint density at radius 1 is 1.21 bits per heavy atom. The third-order valence-electron chi connectivity index (χ3n) is 1.60. The molecule has 2 rings (SSSR count). The molecule has 0 aliphatic carbocycles. The molecule has 72 valence electrons. The van der Waals surface area contributed by atoms with E-state index in [0.29, 0.717) is 5.69 Å². The lowest BCUT2D eigenvalue weighted by Gasteiger charge is -1.93. The molecule has 2 N–H and O–H groups in total. The highest BCUT2D eigenvalue weighted by molar-refractivity contribution is 9.11. The van der Waals surface area contributed by atoms with Crippen LogP contribution in [0.25, 0.3) is 10.6 Å². The van der Waals surface area contributed by atoms with Gasteiger partial charge >= 0.3 is 5.69 Å². The predicted octanol–water partition coefficient (Wildman–Crippen LogP) is 1.55. The summed E-state index contributed by atoms with van der Waals surface area (Å²) in [6.45, 7) is 0. The minimum Gasteiger partial charge on any atom is -0.306 e. The zero-order valence-electron chi connectivity index (χ0n) is 6.83. The van der Waals surface area contributed by atoms with E-state index >= 15 is 0 Å². The molecule has 0 bridgehead atoms. The van der Waals surface area contributed by atoms with E-state index in [1.165, 1.54) is 17.4 Å². The summed E-state index contributed by atoms with van der Waals surface area (Å²) in [7, 11) is 0. The first kappa shape index (κ1) is 9.42. The zero-order valence-corrected chi connectivity index (χ0v) is 9.24. The Labute approximate surface area is 90.8 Å². The number of aromatic amines is 2. The minimum absolute atomic E-state index is 0.395. The zero-order chi connectivity index (χ0) is 10.1. The number of hydrogen-bond donors (Lipinski definition) is 2. The number of aromatic nitrogens is 2. The second-order valence-electron chi connectivity index (χ2n) is 2.61. The number of rotatable bonds is 1. The maximum absolute atomic E-state index is 11.0. The highest BCUT2D eigenvalue weighted by Crippen LogP contribution is 2.28. The Bertz CT molecular complexity index is 541. The summed E-state index contributed by atoms with van der Waals surface area (Å²) in [4.78, 5) is 27.5. The Morgan fingerprint density at radius 2 is 2.00 bits per heavy atom. The van der Waals surface area contributed by atoms with Crippen molar-refractivity contribution in [1.82, 2.24) is 9.97 Å². The van der Waals surface area contributed by atoms with Crippen LogP contribution in [0, 0.1) is 0 Å². The van der Waals surface area contributed by atoms with E-state index in [0.717, 1.165) is 8.66 Å². The van der Waals surface area contributed by atoms with Gasteiger partial charge in [0.15, 0.2) is 0 Å². The number of hydrogen-bond acceptors (Lipinski definition) is 3. The van der Waals surface area contributed by atoms with Gasteiger partial charge in [-0.05, 0) is 28.1 Å². The van der Waals surface area contributed by atoms with Gasteiger partial charge in [-0.25, -0.2) is 4.79 Å². The molecule has 0 unspecified atom stereocenters. The summed E-state index contributed by atoms with van der Waals surface area (Å²) >= 11 is 4.76. The summed E-state index contributed by atoms with van der Waals surface area (Å²) in [5.74, 6) is 0. The van der Waals surface area contributed by atoms with Crippen molar-refractivity contribution in [3.05, 3.63) is 42.8 Å². The molecule has 0 saturated carbocycles. The van der Waals surface area contributed by atoms with Gasteiger partial charge in [-0.15, -0.1) is 11.3 Å². The van der Waals surface area contributed by atoms with Crippen LogP contribution in [0.4, 0.5) is 0 Å². The van der Waals surface area contributed by atoms with E-state index in [1.54, 1.807) is 0 Å². The van der Waals surface area contributed by atoms with Gasteiger partial charge in [0.25, 0.3) is 5.56 Å². The molecule has 4 nitrogen and oxygen atoms in total. The largest absolute Gasteiger partial charge is 0.326 e. The van der Waals surface area contributed by atoms with Crippen molar-refractivity contribution in [2.45, 2.75) is 0 Å². The fourth-order valence-electron chi connectivity index (χ4n) is 1.06. The van der Waals surface area contributed by atoms with Crippen molar-refractivity contribution in [3.8, 4) is 10.6 Å². The lowest BCUT2D eigenvalue weighted by atomic mass is 10.3. The van der Waals surface area contributed by atoms with Crippen molar-refractivity contribution < 1.29 is 0 Å². The van der Waals surface area contributed by atoms with Crippen LogP contribution in [0.15, 0.2) is 31.6 Å². The van der Waals surface area contributed by atoms with E-state index in [-0.39, 0.29) is 0 Å². The Balaban J connectivity index is 2.62. The highest BCUT2D eigenvalue weighted by atomic mass is 79.9. The van der Waals surface area contributed by atoms with Crippen LogP contribution in [-0.2, 0) is 0 Å². The van der Waals surface area contributed by atoms with Gasteiger partial charge in [-0.2, -0.15) is 0 Å². The van der Waals surface area contributed by atoms with Gasteiger partial charge in [-0.3, -0.25) is 9.78 Å². The first-order valence-electron chi connectivity index (χ1n) is 3.74. The van der Waals surface area contributed by atoms with Crippen molar-refractivity contribution in [1.29, 1.82) is 0 Å². The molecule has 0 spiro atoms. The van der Waals surface area contributed by atoms with E-state index in [9.17, 15) is 9.59 Å². The smallest absolute Gasteiger partial charge is 0.306 e. The topological polar surface area (TPSA) is 65.7 Å². The molecule has 0 radical (unpaired) electrons. The van der Waals surface area contributed by atoms with Gasteiger partial charge in [0.1, 0.15) is 0 Å². The van der Waals surface area contributed by atoms with Crippen LogP contribution in [0.1, 0.15) is 0 Å². The molecule has 0 aromatic carbocycles. The standard InChI is InChI=1S/C8H5BrN2O2S/c9-6-2-1-5(14-6)4-3-7(12)11-8(13)10-4/h1-3H,(H2,10,11,12,13). The average molecular weight is 273 g/mol. The van der Waals surface area contributed by atoms with Crippen molar-refractivity contribution in [3.63, 3.8) is 0 Å². The van der Waals surface area contributed by atoms with E-state index in [4.69, 9.17) is 0 Å². The minimum atomic E-state index is -0.489. The molecule has 2 aromatic rings. The van der Waals surface area contributed by atoms with Crippen LogP contribution in [0.2, 0.25) is 0 Å². The number of thiophene rings is 1. The Morgan fingerprint density at radius 3 is 2.57 bits per heavy atom. The molecular formula is C8H5BrN2O2S. The molecule has 0 aliphatic rings. The van der Waals surface area contributed by atoms with E-state index in [2.05, 4.69) is 25.9 Å². The first-order valence-corrected chi connectivity index (χ1v) is 5.35. The predicted molar refractivity (Wildman–Crippen MR) is 58.7 cm³/mol. The van der Waals surface area contributed by atoms with Crippen molar-refractivity contribution >= 4 is 27.3 Å². The summed E-state index contributed by atoms with van der Waals surface area (Å²) in [6, 6.07) is 5.05. The third-order valence-corrected chi connectivity index (χ3v) is 3.26. The van der Waals surface area contributed by atoms with Gasteiger partial charge in [0.05, 0.1) is 14.4 Å². The van der Waals surface area contributed by atoms with E-state index in [1.807, 2.05) is 12.1 Å². The summed E-state index contributed by atoms with van der Waals surface area (Å²) in [5, 5.41) is 0. The molecule has 6 heteroatoms. The maximum Gasteiger partial charge on any atom is 0.326 e. The molecule has 2 heterocycles. The number of nitrogens with one attached hydrogen (secondary N) is 2. The number of halogens is 1. The van der Waals surface area contributed by atoms with Gasteiger partial charge in [-0.1, -0.05) is 0 Å². The van der Waals surface area contributed by atoms with Crippen molar-refractivity contribution in [2.75, 3.05) is 0 Å². The maximum atomic E-state index is 11.0. The first-order chi connectivity index (χ1) is 6.65. The summed E-state index contributed by atoms with van der Waals surface area (Å²) in [5.41, 5.74) is -0.347. The average Bonchev–Trinajstić information content (AvgIpc) is 2.50. The Kier molecular flexibility index (Phi) is 2.39. The van der Waals surface area contributed by atoms with Crippen LogP contribution < -0.4 is 11.2 Å². The molecule has 0 amide bonds. The quantitative estimate of drug-likeness (QED) is 0.828. The number of H-pyrrole nitrogens is 2. The molecule has 0 atom stereocenters.